The van der Waals surface area contributed by atoms with E-state index in [1.165, 1.54) is 12.0 Å². The molecule has 9 heteroatoms. The highest BCUT2D eigenvalue weighted by Crippen LogP contribution is 2.18. The highest BCUT2D eigenvalue weighted by molar-refractivity contribution is 14.0. The molecule has 0 aromatic carbocycles. The van der Waals surface area contributed by atoms with E-state index < -0.39 is 0 Å². The number of esters is 1. The third kappa shape index (κ3) is 7.39. The average molecular weight is 492 g/mol. The second kappa shape index (κ2) is 11.8. The van der Waals surface area contributed by atoms with Crippen molar-refractivity contribution in [3.05, 3.63) is 24.2 Å². The molecular weight excluding hydrogens is 463 g/mol. The van der Waals surface area contributed by atoms with Crippen molar-refractivity contribution in [3.8, 4) is 0 Å². The molecule has 0 aliphatic carbocycles. The van der Waals surface area contributed by atoms with Crippen molar-refractivity contribution in [1.29, 1.82) is 0 Å². The molecule has 2 rings (SSSR count). The van der Waals surface area contributed by atoms with Gasteiger partial charge in [0.2, 0.25) is 5.91 Å². The lowest BCUT2D eigenvalue weighted by molar-refractivity contribution is -0.146. The number of methoxy groups -OCH3 is 1. The highest BCUT2D eigenvalue weighted by atomic mass is 127. The van der Waals surface area contributed by atoms with Crippen LogP contribution < -0.4 is 5.32 Å². The van der Waals surface area contributed by atoms with Gasteiger partial charge in [-0.1, -0.05) is 0 Å². The Kier molecular flexibility index (Phi) is 10.2. The number of hydrogen-bond acceptors (Lipinski definition) is 5. The van der Waals surface area contributed by atoms with Crippen LogP contribution in [0.3, 0.4) is 0 Å². The van der Waals surface area contributed by atoms with Gasteiger partial charge >= 0.3 is 5.97 Å². The maximum atomic E-state index is 11.9. The van der Waals surface area contributed by atoms with E-state index in [1.807, 2.05) is 12.1 Å². The second-order valence-corrected chi connectivity index (χ2v) is 6.47. The molecule has 0 bridgehead atoms. The number of nitrogens with zero attached hydrogens (tertiary/aromatic N) is 3. The molecular formula is C18H29IN4O4. The first-order valence-corrected chi connectivity index (χ1v) is 8.85. The Morgan fingerprint density at radius 2 is 2.07 bits per heavy atom. The number of ether oxygens (including phenoxy) is 1. The number of carbonyl (C=O) groups is 2. The van der Waals surface area contributed by atoms with Crippen LogP contribution >= 0.6 is 24.0 Å². The number of carbonyl (C=O) groups excluding carboxylic acids is 2. The zero-order valence-corrected chi connectivity index (χ0v) is 18.5. The van der Waals surface area contributed by atoms with Crippen molar-refractivity contribution < 1.29 is 18.7 Å². The lowest BCUT2D eigenvalue weighted by Gasteiger charge is -2.33. The molecule has 1 fully saturated rings. The van der Waals surface area contributed by atoms with Crippen molar-refractivity contribution in [1.82, 2.24) is 15.1 Å². The van der Waals surface area contributed by atoms with Crippen LogP contribution in [0, 0.1) is 5.92 Å². The lowest BCUT2D eigenvalue weighted by atomic mass is 9.97. The topological polar surface area (TPSA) is 87.4 Å². The molecule has 1 aromatic heterocycles. The molecule has 0 radical (unpaired) electrons. The molecule has 0 saturated carbocycles. The van der Waals surface area contributed by atoms with E-state index in [-0.39, 0.29) is 48.3 Å². The second-order valence-electron chi connectivity index (χ2n) is 6.47. The van der Waals surface area contributed by atoms with Crippen molar-refractivity contribution in [2.75, 3.05) is 47.4 Å². The fourth-order valence-corrected chi connectivity index (χ4v) is 2.80. The largest absolute Gasteiger partial charge is 0.469 e. The van der Waals surface area contributed by atoms with Crippen molar-refractivity contribution in [2.45, 2.75) is 19.3 Å². The van der Waals surface area contributed by atoms with Gasteiger partial charge in [0.25, 0.3) is 0 Å². The number of piperidine rings is 1. The smallest absolute Gasteiger partial charge is 0.308 e. The molecule has 27 heavy (non-hydrogen) atoms. The summed E-state index contributed by atoms with van der Waals surface area (Å²) in [5, 5.41) is 3.31. The Hall–Kier alpha value is -1.78. The first-order chi connectivity index (χ1) is 12.5. The van der Waals surface area contributed by atoms with Crippen LogP contribution in [0.5, 0.6) is 0 Å². The summed E-state index contributed by atoms with van der Waals surface area (Å²) in [6, 6.07) is 3.79. The fourth-order valence-electron chi connectivity index (χ4n) is 2.80. The summed E-state index contributed by atoms with van der Waals surface area (Å²) in [6.45, 7) is 2.14. The molecule has 152 valence electrons. The summed E-state index contributed by atoms with van der Waals surface area (Å²) >= 11 is 0. The SMILES string of the molecule is COC(=O)C1CCN(C(=NCC(=O)N(C)C)NCCc2ccco2)CC1.I. The molecule has 2 heterocycles. The van der Waals surface area contributed by atoms with Crippen LogP contribution in [0.4, 0.5) is 0 Å². The number of furan rings is 1. The van der Waals surface area contributed by atoms with E-state index >= 15 is 0 Å². The summed E-state index contributed by atoms with van der Waals surface area (Å²) < 4.78 is 10.2. The molecule has 1 aliphatic rings. The third-order valence-corrected chi connectivity index (χ3v) is 4.43. The number of guanidine groups is 1. The van der Waals surface area contributed by atoms with E-state index in [2.05, 4.69) is 15.2 Å². The van der Waals surface area contributed by atoms with Crippen molar-refractivity contribution in [3.63, 3.8) is 0 Å². The van der Waals surface area contributed by atoms with Gasteiger partial charge in [0.15, 0.2) is 5.96 Å². The predicted molar refractivity (Wildman–Crippen MR) is 113 cm³/mol. The van der Waals surface area contributed by atoms with Gasteiger partial charge in [0.1, 0.15) is 12.3 Å². The van der Waals surface area contributed by atoms with E-state index in [0.717, 1.165) is 12.2 Å². The molecule has 0 spiro atoms. The number of aliphatic imine (C=N–C) groups is 1. The van der Waals surface area contributed by atoms with Crippen LogP contribution in [-0.4, -0.2) is 75.0 Å². The maximum Gasteiger partial charge on any atom is 0.308 e. The number of likely N-dealkylation sites (N-methyl/N-ethyl adjacent to an activating group) is 1. The first kappa shape index (κ1) is 23.3. The summed E-state index contributed by atoms with van der Waals surface area (Å²) in [7, 11) is 4.85. The monoisotopic (exact) mass is 492 g/mol. The van der Waals surface area contributed by atoms with Gasteiger partial charge in [-0.3, -0.25) is 9.59 Å². The van der Waals surface area contributed by atoms with Gasteiger partial charge in [-0.2, -0.15) is 0 Å². The number of rotatable bonds is 6. The Balaban J connectivity index is 0.00000364. The molecule has 1 amide bonds. The minimum Gasteiger partial charge on any atom is -0.469 e. The number of halogens is 1. The molecule has 8 nitrogen and oxygen atoms in total. The van der Waals surface area contributed by atoms with Crippen LogP contribution in [0.2, 0.25) is 0 Å². The minimum atomic E-state index is -0.156. The van der Waals surface area contributed by atoms with E-state index in [4.69, 9.17) is 9.15 Å². The van der Waals surface area contributed by atoms with Gasteiger partial charge in [-0.25, -0.2) is 4.99 Å². The average Bonchev–Trinajstić information content (AvgIpc) is 3.17. The summed E-state index contributed by atoms with van der Waals surface area (Å²) in [5.41, 5.74) is 0. The zero-order chi connectivity index (χ0) is 18.9. The quantitative estimate of drug-likeness (QED) is 0.279. The van der Waals surface area contributed by atoms with Crippen molar-refractivity contribution >= 4 is 41.8 Å². The van der Waals surface area contributed by atoms with Crippen LogP contribution in [0.15, 0.2) is 27.8 Å². The van der Waals surface area contributed by atoms with Gasteiger partial charge in [-0.15, -0.1) is 24.0 Å². The number of amides is 1. The van der Waals surface area contributed by atoms with Crippen molar-refractivity contribution in [2.24, 2.45) is 10.9 Å². The van der Waals surface area contributed by atoms with E-state index in [0.29, 0.717) is 38.4 Å². The number of nitrogens with one attached hydrogen (secondary N) is 1. The Morgan fingerprint density at radius 1 is 1.37 bits per heavy atom. The molecule has 1 aromatic rings. The minimum absolute atomic E-state index is 0. The van der Waals surface area contributed by atoms with E-state index in [9.17, 15) is 9.59 Å². The molecule has 1 N–H and O–H groups in total. The van der Waals surface area contributed by atoms with E-state index in [1.54, 1.807) is 20.4 Å². The van der Waals surface area contributed by atoms with Crippen LogP contribution in [0.25, 0.3) is 0 Å². The van der Waals surface area contributed by atoms with Gasteiger partial charge in [-0.05, 0) is 25.0 Å². The molecule has 1 saturated heterocycles. The fraction of sp³-hybridized carbons (Fsp3) is 0.611. The van der Waals surface area contributed by atoms with Gasteiger partial charge in [0.05, 0.1) is 19.3 Å². The molecule has 0 atom stereocenters. The highest BCUT2D eigenvalue weighted by Gasteiger charge is 2.27. The van der Waals surface area contributed by atoms with Crippen LogP contribution in [0.1, 0.15) is 18.6 Å². The number of hydrogen-bond donors (Lipinski definition) is 1. The summed E-state index contributed by atoms with van der Waals surface area (Å²) in [5.74, 6) is 1.31. The Morgan fingerprint density at radius 3 is 2.63 bits per heavy atom. The first-order valence-electron chi connectivity index (χ1n) is 8.85. The predicted octanol–water partition coefficient (Wildman–Crippen LogP) is 1.36. The Bertz CT molecular complexity index is 611. The van der Waals surface area contributed by atoms with Gasteiger partial charge in [0, 0.05) is 40.2 Å². The Labute approximate surface area is 177 Å². The molecule has 0 unspecified atom stereocenters. The van der Waals surface area contributed by atoms with Crippen LogP contribution in [-0.2, 0) is 20.7 Å². The standard InChI is InChI=1S/C18H28N4O4.HI/c1-21(2)16(23)13-20-18(19-9-6-15-5-4-12-26-15)22-10-7-14(8-11-22)17(24)25-3;/h4-5,12,14H,6-11,13H2,1-3H3,(H,19,20);1H. The summed E-state index contributed by atoms with van der Waals surface area (Å²) in [6.07, 6.45) is 3.81. The summed E-state index contributed by atoms with van der Waals surface area (Å²) in [4.78, 5) is 31.6. The van der Waals surface area contributed by atoms with Gasteiger partial charge < -0.3 is 24.3 Å². The normalized spacial score (nSPS) is 15.1. The maximum absolute atomic E-state index is 11.9. The third-order valence-electron chi connectivity index (χ3n) is 4.43. The lowest BCUT2D eigenvalue weighted by Crippen LogP contribution is -2.47. The number of likely N-dealkylation sites (tertiary alicyclic amines) is 1. The zero-order valence-electron chi connectivity index (χ0n) is 16.1. The molecule has 1 aliphatic heterocycles.